The van der Waals surface area contributed by atoms with Gasteiger partial charge in [-0.15, -0.1) is 0 Å². The fraction of sp³-hybridized carbons (Fsp3) is 0.250. The van der Waals surface area contributed by atoms with Gasteiger partial charge in [-0.2, -0.15) is 0 Å². The summed E-state index contributed by atoms with van der Waals surface area (Å²) in [5.74, 6) is 6.17. The molecule has 0 aliphatic rings. The summed E-state index contributed by atoms with van der Waals surface area (Å²) in [4.78, 5) is 11.3. The second kappa shape index (κ2) is 13.3. The number of aryl methyl sites for hydroxylation is 1. The number of rotatable bonds is 10. The van der Waals surface area contributed by atoms with Crippen molar-refractivity contribution in [3.63, 3.8) is 0 Å². The van der Waals surface area contributed by atoms with E-state index in [0.717, 1.165) is 23.1 Å². The number of benzene rings is 3. The van der Waals surface area contributed by atoms with Crippen LogP contribution < -0.4 is 9.04 Å². The lowest BCUT2D eigenvalue weighted by Crippen LogP contribution is -2.24. The summed E-state index contributed by atoms with van der Waals surface area (Å²) >= 11 is -2.51. The van der Waals surface area contributed by atoms with Crippen molar-refractivity contribution in [1.82, 2.24) is 0 Å². The molecule has 0 bridgehead atoms. The number of ether oxygens (including phenoxy) is 2. The van der Waals surface area contributed by atoms with Gasteiger partial charge in [0.1, 0.15) is 5.75 Å². The molecule has 1 atom stereocenters. The number of unbranched alkanes of at least 4 members (excludes halogenated alkanes) is 1. The molecule has 3 aromatic carbocycles. The van der Waals surface area contributed by atoms with Crippen LogP contribution in [-0.2, 0) is 33.8 Å². The van der Waals surface area contributed by atoms with Crippen molar-refractivity contribution < 1.29 is 23.0 Å². The summed E-state index contributed by atoms with van der Waals surface area (Å²) in [6.45, 7) is 2.07. The Bertz CT molecular complexity index is 1200. The largest absolute Gasteiger partial charge is 0.755 e. The van der Waals surface area contributed by atoms with Crippen LogP contribution in [0.25, 0.3) is 0 Å². The lowest BCUT2D eigenvalue weighted by Gasteiger charge is -2.27. The zero-order valence-electron chi connectivity index (χ0n) is 19.9. The lowest BCUT2D eigenvalue weighted by atomic mass is 10.1. The molecule has 0 heterocycles. The van der Waals surface area contributed by atoms with Crippen molar-refractivity contribution in [2.24, 2.45) is 0 Å². The summed E-state index contributed by atoms with van der Waals surface area (Å²) in [6.07, 6.45) is 3.45. The highest BCUT2D eigenvalue weighted by atomic mass is 32.2. The van der Waals surface area contributed by atoms with Crippen molar-refractivity contribution in [2.75, 3.05) is 18.0 Å². The molecule has 0 fully saturated rings. The van der Waals surface area contributed by atoms with Gasteiger partial charge in [0, 0.05) is 28.5 Å². The SMILES string of the molecule is CCCCc1ccc(C#Cc2ccc(CN(c3cccc(OCC(=O)OC)c3)S(=O)[O-])cc2)cc1. The molecule has 0 aliphatic heterocycles. The molecule has 7 heteroatoms. The highest BCUT2D eigenvalue weighted by Crippen LogP contribution is 2.24. The molecule has 0 saturated heterocycles. The first-order valence-corrected chi connectivity index (χ1v) is 12.4. The number of hydrogen-bond donors (Lipinski definition) is 0. The van der Waals surface area contributed by atoms with Crippen molar-refractivity contribution in [3.8, 4) is 17.6 Å². The van der Waals surface area contributed by atoms with Crippen LogP contribution >= 0.6 is 0 Å². The van der Waals surface area contributed by atoms with Gasteiger partial charge in [0.2, 0.25) is 0 Å². The van der Waals surface area contributed by atoms with Gasteiger partial charge in [0.15, 0.2) is 6.61 Å². The molecular weight excluding hydrogens is 462 g/mol. The molecule has 0 radical (unpaired) electrons. The molecule has 3 rings (SSSR count). The second-order valence-corrected chi connectivity index (χ2v) is 8.74. The first-order valence-electron chi connectivity index (χ1n) is 11.3. The van der Waals surface area contributed by atoms with E-state index in [4.69, 9.17) is 4.74 Å². The minimum absolute atomic E-state index is 0.142. The Balaban J connectivity index is 1.66. The van der Waals surface area contributed by atoms with E-state index in [-0.39, 0.29) is 13.2 Å². The lowest BCUT2D eigenvalue weighted by molar-refractivity contribution is -0.142. The third-order valence-electron chi connectivity index (χ3n) is 5.27. The van der Waals surface area contributed by atoms with Crippen LogP contribution in [0.5, 0.6) is 5.75 Å². The Labute approximate surface area is 209 Å². The number of carbonyl (C=O) groups excluding carboxylic acids is 1. The molecule has 0 aromatic heterocycles. The quantitative estimate of drug-likeness (QED) is 0.232. The van der Waals surface area contributed by atoms with E-state index in [0.29, 0.717) is 11.4 Å². The van der Waals surface area contributed by atoms with Gasteiger partial charge in [0.05, 0.1) is 19.3 Å². The number of methoxy groups -OCH3 is 1. The predicted molar refractivity (Wildman–Crippen MR) is 137 cm³/mol. The van der Waals surface area contributed by atoms with Crippen LogP contribution in [0.1, 0.15) is 42.0 Å². The minimum atomic E-state index is -2.51. The molecule has 0 saturated carbocycles. The maximum atomic E-state index is 11.9. The second-order valence-electron chi connectivity index (χ2n) is 7.86. The van der Waals surface area contributed by atoms with E-state index in [9.17, 15) is 13.6 Å². The van der Waals surface area contributed by atoms with Gasteiger partial charge in [-0.3, -0.25) is 8.51 Å². The van der Waals surface area contributed by atoms with Gasteiger partial charge < -0.3 is 14.0 Å². The number of esters is 1. The van der Waals surface area contributed by atoms with Crippen LogP contribution in [0.15, 0.2) is 72.8 Å². The van der Waals surface area contributed by atoms with Gasteiger partial charge in [-0.25, -0.2) is 4.79 Å². The van der Waals surface area contributed by atoms with Gasteiger partial charge in [0.25, 0.3) is 0 Å². The molecule has 0 amide bonds. The fourth-order valence-corrected chi connectivity index (χ4v) is 3.84. The Morgan fingerprint density at radius 2 is 1.60 bits per heavy atom. The summed E-state index contributed by atoms with van der Waals surface area (Å²) in [5, 5.41) is 0. The fourth-order valence-electron chi connectivity index (χ4n) is 3.30. The van der Waals surface area contributed by atoms with Crippen LogP contribution in [-0.4, -0.2) is 28.4 Å². The zero-order chi connectivity index (χ0) is 25.0. The molecule has 3 aromatic rings. The summed E-state index contributed by atoms with van der Waals surface area (Å²) in [7, 11) is 1.27. The van der Waals surface area contributed by atoms with E-state index in [1.165, 1.54) is 29.8 Å². The van der Waals surface area contributed by atoms with E-state index in [2.05, 4.69) is 35.6 Å². The molecular formula is C28H28NO5S-. The monoisotopic (exact) mass is 490 g/mol. The van der Waals surface area contributed by atoms with Crippen LogP contribution in [0.4, 0.5) is 5.69 Å². The van der Waals surface area contributed by atoms with E-state index < -0.39 is 17.2 Å². The molecule has 182 valence electrons. The zero-order valence-corrected chi connectivity index (χ0v) is 20.7. The molecule has 35 heavy (non-hydrogen) atoms. The Morgan fingerprint density at radius 1 is 0.971 bits per heavy atom. The maximum Gasteiger partial charge on any atom is 0.343 e. The summed E-state index contributed by atoms with van der Waals surface area (Å²) in [6, 6.07) is 22.3. The molecule has 1 unspecified atom stereocenters. The summed E-state index contributed by atoms with van der Waals surface area (Å²) in [5.41, 5.74) is 4.35. The first kappa shape index (κ1) is 26.0. The summed E-state index contributed by atoms with van der Waals surface area (Å²) < 4.78 is 35.0. The minimum Gasteiger partial charge on any atom is -0.755 e. The van der Waals surface area contributed by atoms with E-state index >= 15 is 0 Å². The van der Waals surface area contributed by atoms with Crippen molar-refractivity contribution in [2.45, 2.75) is 32.7 Å². The van der Waals surface area contributed by atoms with Crippen molar-refractivity contribution >= 4 is 22.9 Å². The van der Waals surface area contributed by atoms with Gasteiger partial charge in [-0.05, 0) is 60.4 Å². The number of carbonyl (C=O) groups is 1. The van der Waals surface area contributed by atoms with E-state index in [1.54, 1.807) is 24.3 Å². The third kappa shape index (κ3) is 8.29. The number of hydrogen-bond acceptors (Lipinski definition) is 5. The number of nitrogens with zero attached hydrogens (tertiary/aromatic N) is 1. The Kier molecular flexibility index (Phi) is 9.91. The highest BCUT2D eigenvalue weighted by Gasteiger charge is 2.10. The highest BCUT2D eigenvalue weighted by molar-refractivity contribution is 7.80. The number of anilines is 1. The normalized spacial score (nSPS) is 11.2. The molecule has 6 nitrogen and oxygen atoms in total. The Hall–Kier alpha value is -3.60. The molecule has 0 N–H and O–H groups in total. The smallest absolute Gasteiger partial charge is 0.343 e. The average Bonchev–Trinajstić information content (AvgIpc) is 2.89. The van der Waals surface area contributed by atoms with Crippen molar-refractivity contribution in [3.05, 3.63) is 95.1 Å². The van der Waals surface area contributed by atoms with Crippen molar-refractivity contribution in [1.29, 1.82) is 0 Å². The third-order valence-corrected chi connectivity index (χ3v) is 5.97. The maximum absolute atomic E-state index is 11.9. The van der Waals surface area contributed by atoms with Crippen LogP contribution in [0.3, 0.4) is 0 Å². The van der Waals surface area contributed by atoms with Crippen LogP contribution in [0.2, 0.25) is 0 Å². The standard InChI is InChI=1S/C28H29NO5S/c1-3-4-6-22-9-11-23(12-10-22)13-14-24-15-17-25(18-16-24)20-29(35(31)32)26-7-5-8-27(19-26)34-21-28(30)33-2/h5,7-12,15-19H,3-4,6,20-21H2,1-2H3,(H,31,32)/p-1. The topological polar surface area (TPSA) is 78.9 Å². The Morgan fingerprint density at radius 3 is 2.17 bits per heavy atom. The van der Waals surface area contributed by atoms with Gasteiger partial charge >= 0.3 is 5.97 Å². The first-order chi connectivity index (χ1) is 17.0. The van der Waals surface area contributed by atoms with Gasteiger partial charge in [-0.1, -0.05) is 55.5 Å². The predicted octanol–water partition coefficient (Wildman–Crippen LogP) is 4.78. The van der Waals surface area contributed by atoms with Crippen LogP contribution in [0, 0.1) is 11.8 Å². The molecule has 0 aliphatic carbocycles. The average molecular weight is 491 g/mol. The van der Waals surface area contributed by atoms with E-state index in [1.807, 2.05) is 36.4 Å². The molecule has 0 spiro atoms.